The first kappa shape index (κ1) is 31.9. The van der Waals surface area contributed by atoms with Gasteiger partial charge in [-0.15, -0.1) is 0 Å². The van der Waals surface area contributed by atoms with Gasteiger partial charge in [-0.05, 0) is 28.3 Å². The Morgan fingerprint density at radius 3 is 1.72 bits per heavy atom. The van der Waals surface area contributed by atoms with E-state index in [-0.39, 0.29) is 17.5 Å². The van der Waals surface area contributed by atoms with Crippen LogP contribution in [0.2, 0.25) is 5.02 Å². The van der Waals surface area contributed by atoms with E-state index in [0.717, 1.165) is 22.3 Å². The number of fused-ring (bicyclic) bond motifs is 3. The number of benzene rings is 5. The van der Waals surface area contributed by atoms with Crippen LogP contribution in [0, 0.1) is 0 Å². The van der Waals surface area contributed by atoms with Crippen LogP contribution in [0.15, 0.2) is 133 Å². The lowest BCUT2D eigenvalue weighted by Crippen LogP contribution is -2.48. The van der Waals surface area contributed by atoms with Gasteiger partial charge in [0.25, 0.3) is 0 Å². The Balaban J connectivity index is 1.24. The van der Waals surface area contributed by atoms with Gasteiger partial charge in [-0.1, -0.05) is 139 Å². The minimum atomic E-state index is -4.99. The summed E-state index contributed by atoms with van der Waals surface area (Å²) in [5.41, 5.74) is 3.39. The molecule has 0 bridgehead atoms. The zero-order chi connectivity index (χ0) is 33.0. The largest absolute Gasteiger partial charge is 0.449 e. The molecule has 0 unspecified atom stereocenters. The third kappa shape index (κ3) is 6.46. The lowest BCUT2D eigenvalue weighted by atomic mass is 9.80. The van der Waals surface area contributed by atoms with Crippen molar-refractivity contribution in [2.45, 2.75) is 30.2 Å². The van der Waals surface area contributed by atoms with Crippen molar-refractivity contribution in [2.24, 2.45) is 0 Å². The maximum Gasteiger partial charge on any atom is 0.409 e. The Morgan fingerprint density at radius 2 is 1.19 bits per heavy atom. The molecule has 1 amide bonds. The molecule has 1 aliphatic carbocycles. The smallest absolute Gasteiger partial charge is 0.409 e. The molecule has 0 aromatic heterocycles. The number of alkyl carbamates (subject to hydrolysis) is 1. The molecule has 1 aliphatic rings. The molecule has 0 aliphatic heterocycles. The van der Waals surface area contributed by atoms with E-state index in [1.807, 2.05) is 53.8 Å². The number of nitrogens with one attached hydrogen (secondary N) is 1. The van der Waals surface area contributed by atoms with Crippen molar-refractivity contribution < 1.29 is 32.2 Å². The van der Waals surface area contributed by atoms with E-state index in [1.165, 1.54) is 0 Å². The highest BCUT2D eigenvalue weighted by atomic mass is 35.5. The summed E-state index contributed by atoms with van der Waals surface area (Å²) in [4.78, 5) is 26.5. The van der Waals surface area contributed by atoms with Crippen molar-refractivity contribution in [3.8, 4) is 11.1 Å². The zero-order valence-corrected chi connectivity index (χ0v) is 25.7. The van der Waals surface area contributed by atoms with Crippen LogP contribution >= 0.6 is 11.6 Å². The Labute approximate surface area is 274 Å². The summed E-state index contributed by atoms with van der Waals surface area (Å²) in [6.45, 7) is -0.188. The summed E-state index contributed by atoms with van der Waals surface area (Å²) in [5, 5.41) is 2.11. The quantitative estimate of drug-likeness (QED) is 0.127. The van der Waals surface area contributed by atoms with Crippen LogP contribution in [0.4, 0.5) is 18.0 Å². The Kier molecular flexibility index (Phi) is 9.05. The average molecular weight is 656 g/mol. The lowest BCUT2D eigenvalue weighted by Gasteiger charge is -2.36. The van der Waals surface area contributed by atoms with Crippen LogP contribution in [0.5, 0.6) is 0 Å². The minimum absolute atomic E-state index is 0.188. The maximum atomic E-state index is 14.3. The fourth-order valence-corrected chi connectivity index (χ4v) is 6.42. The van der Waals surface area contributed by atoms with E-state index in [1.54, 1.807) is 84.9 Å². The van der Waals surface area contributed by atoms with Crippen LogP contribution in [0.1, 0.15) is 40.2 Å². The molecule has 1 atom stereocenters. The van der Waals surface area contributed by atoms with Crippen molar-refractivity contribution >= 4 is 23.7 Å². The first-order valence-electron chi connectivity index (χ1n) is 14.9. The number of esters is 1. The van der Waals surface area contributed by atoms with Crippen LogP contribution in [-0.2, 0) is 19.9 Å². The standard InChI is InChI=1S/C38H29ClF3NO4/c39-33-22-12-11-21-32(33)37(25-13-3-1-4-14-25,26-15-5-2-6-16-26)47-35(44)23-34(38(40,41)42)43-36(45)46-24-31-29-19-9-7-17-27(29)28-18-8-10-20-30(28)31/h1-22,31,34H,23-24H2,(H,43,45)/t34-/m0/s1. The number of carbonyl (C=O) groups is 2. The number of ether oxygens (including phenoxy) is 2. The highest BCUT2D eigenvalue weighted by molar-refractivity contribution is 6.31. The van der Waals surface area contributed by atoms with Gasteiger partial charge in [-0.25, -0.2) is 4.79 Å². The van der Waals surface area contributed by atoms with E-state index in [4.69, 9.17) is 21.1 Å². The summed E-state index contributed by atoms with van der Waals surface area (Å²) in [7, 11) is 0. The SMILES string of the molecule is O=C(C[C@H](NC(=O)OCC1c2ccccc2-c2ccccc21)C(F)(F)F)OC(c1ccccc1)(c1ccccc1)c1ccccc1Cl. The number of rotatable bonds is 9. The van der Waals surface area contributed by atoms with E-state index in [0.29, 0.717) is 16.7 Å². The molecule has 0 saturated carbocycles. The zero-order valence-electron chi connectivity index (χ0n) is 24.9. The predicted octanol–water partition coefficient (Wildman–Crippen LogP) is 9.03. The van der Waals surface area contributed by atoms with Gasteiger partial charge in [0, 0.05) is 27.6 Å². The van der Waals surface area contributed by atoms with Crippen molar-refractivity contribution in [3.05, 3.63) is 166 Å². The number of carbonyl (C=O) groups excluding carboxylic acids is 2. The van der Waals surface area contributed by atoms with E-state index < -0.39 is 36.3 Å². The number of hydrogen-bond acceptors (Lipinski definition) is 4. The van der Waals surface area contributed by atoms with Crippen LogP contribution < -0.4 is 5.32 Å². The van der Waals surface area contributed by atoms with Gasteiger partial charge in [-0.2, -0.15) is 13.2 Å². The van der Waals surface area contributed by atoms with Crippen molar-refractivity contribution in [3.63, 3.8) is 0 Å². The average Bonchev–Trinajstić information content (AvgIpc) is 3.40. The van der Waals surface area contributed by atoms with Gasteiger partial charge in [0.05, 0.1) is 6.42 Å². The molecular formula is C38H29ClF3NO4. The predicted molar refractivity (Wildman–Crippen MR) is 173 cm³/mol. The van der Waals surface area contributed by atoms with E-state index in [2.05, 4.69) is 0 Å². The second kappa shape index (κ2) is 13.3. The molecule has 0 saturated heterocycles. The normalized spacial score (nSPS) is 13.3. The molecule has 5 aromatic carbocycles. The molecule has 0 fully saturated rings. The third-order valence-corrected chi connectivity index (χ3v) is 8.61. The molecule has 1 N–H and O–H groups in total. The summed E-state index contributed by atoms with van der Waals surface area (Å²) in [5.74, 6) is -1.56. The Bertz CT molecular complexity index is 1800. The van der Waals surface area contributed by atoms with Crippen molar-refractivity contribution in [1.82, 2.24) is 5.32 Å². The first-order chi connectivity index (χ1) is 22.7. The maximum absolute atomic E-state index is 14.3. The van der Waals surface area contributed by atoms with Crippen LogP contribution in [0.25, 0.3) is 11.1 Å². The van der Waals surface area contributed by atoms with Gasteiger partial charge in [0.2, 0.25) is 0 Å². The second-order valence-corrected chi connectivity index (χ2v) is 11.5. The summed E-state index contributed by atoms with van der Waals surface area (Å²) in [6, 6.07) is 36.6. The minimum Gasteiger partial charge on any atom is -0.449 e. The lowest BCUT2D eigenvalue weighted by molar-refractivity contribution is -0.173. The van der Waals surface area contributed by atoms with Gasteiger partial charge >= 0.3 is 18.2 Å². The highest BCUT2D eigenvalue weighted by Gasteiger charge is 2.46. The Hall–Kier alpha value is -5.08. The summed E-state index contributed by atoms with van der Waals surface area (Å²) < 4.78 is 54.5. The fourth-order valence-electron chi connectivity index (χ4n) is 6.15. The topological polar surface area (TPSA) is 64.6 Å². The monoisotopic (exact) mass is 655 g/mol. The summed E-state index contributed by atoms with van der Waals surface area (Å²) in [6.07, 6.45) is -7.50. The van der Waals surface area contributed by atoms with Gasteiger partial charge < -0.3 is 14.8 Å². The number of amides is 1. The molecule has 5 aromatic rings. The van der Waals surface area contributed by atoms with Crippen molar-refractivity contribution in [1.29, 1.82) is 0 Å². The van der Waals surface area contributed by atoms with Crippen molar-refractivity contribution in [2.75, 3.05) is 6.61 Å². The number of hydrogen-bond donors (Lipinski definition) is 1. The third-order valence-electron chi connectivity index (χ3n) is 8.28. The Morgan fingerprint density at radius 1 is 0.702 bits per heavy atom. The fraction of sp³-hybridized carbons (Fsp3) is 0.158. The number of alkyl halides is 3. The molecule has 0 heterocycles. The molecule has 9 heteroatoms. The van der Waals surface area contributed by atoms with Gasteiger partial charge in [0.15, 0.2) is 5.60 Å². The molecule has 6 rings (SSSR count). The molecule has 238 valence electrons. The highest BCUT2D eigenvalue weighted by Crippen LogP contribution is 2.45. The number of halogens is 4. The molecule has 5 nitrogen and oxygen atoms in total. The molecular weight excluding hydrogens is 627 g/mol. The van der Waals surface area contributed by atoms with Crippen LogP contribution in [-0.4, -0.2) is 30.9 Å². The second-order valence-electron chi connectivity index (χ2n) is 11.1. The van der Waals surface area contributed by atoms with Gasteiger partial charge in [-0.3, -0.25) is 4.79 Å². The summed E-state index contributed by atoms with van der Waals surface area (Å²) >= 11 is 6.65. The molecule has 0 radical (unpaired) electrons. The molecule has 0 spiro atoms. The first-order valence-corrected chi connectivity index (χ1v) is 15.3. The van der Waals surface area contributed by atoms with Gasteiger partial charge in [0.1, 0.15) is 12.6 Å². The van der Waals surface area contributed by atoms with Crippen LogP contribution in [0.3, 0.4) is 0 Å². The van der Waals surface area contributed by atoms with E-state index >= 15 is 0 Å². The molecule has 47 heavy (non-hydrogen) atoms. The van der Waals surface area contributed by atoms with E-state index in [9.17, 15) is 22.8 Å².